The smallest absolute Gasteiger partial charge is 0.317 e. The molecule has 14 fully saturated rings. The molecule has 5 atom stereocenters. The summed E-state index contributed by atoms with van der Waals surface area (Å²) in [5.74, 6) is 0.610. The molecule has 0 bridgehead atoms. The van der Waals surface area contributed by atoms with E-state index in [2.05, 4.69) is 168 Å². The molecule has 0 radical (unpaired) electrons. The number of ether oxygens (including phenoxy) is 4. The van der Waals surface area contributed by atoms with Gasteiger partial charge in [-0.25, -0.2) is 33.2 Å². The SMILES string of the molecule is CC(C)N1CCC(NC(=O)C2CCCO2)CC1.CC(C)N1CCC(NC(=O)N2CCC(F)CC2)CC1.CC(C)N1CCC(NC(=O)N2CCC(O)C2)CC1.CC(C)N1CCC(NC(=O)N2CCCCC2)CC1.CC(C)OC1CCN(C(=O)NC2CCN(C(C)C)CC2)C1.COC1CCN(C(=O)NC2CCN(C(C)C)CC2)C1.COCC1CCN(C(=O)NC2CCN(C(C)C)CC2)C1. The lowest BCUT2D eigenvalue weighted by atomic mass is 10.0. The number of aliphatic hydroxyl groups is 1. The van der Waals surface area contributed by atoms with E-state index in [9.17, 15) is 43.1 Å². The summed E-state index contributed by atoms with van der Waals surface area (Å²) in [6.07, 6.45) is 24.4. The number of aliphatic hydroxyl groups excluding tert-OH is 1. The lowest BCUT2D eigenvalue weighted by Crippen LogP contribution is -2.51. The third-order valence-corrected chi connectivity index (χ3v) is 29.8. The number of halogens is 1. The van der Waals surface area contributed by atoms with E-state index in [-0.39, 0.29) is 78.7 Å². The van der Waals surface area contributed by atoms with Gasteiger partial charge in [-0.3, -0.25) is 4.79 Å². The van der Waals surface area contributed by atoms with Crippen LogP contribution in [0.5, 0.6) is 0 Å². The van der Waals surface area contributed by atoms with Crippen LogP contribution in [0.4, 0.5) is 33.2 Å². The molecule has 764 valence electrons. The summed E-state index contributed by atoms with van der Waals surface area (Å²) in [4.78, 5) is 113. The average Bonchev–Trinajstić information content (AvgIpc) is 1.63. The van der Waals surface area contributed by atoms with E-state index in [0.717, 1.165) is 279 Å². The Kier molecular flexibility index (Phi) is 50.1. The van der Waals surface area contributed by atoms with Gasteiger partial charge in [0.1, 0.15) is 12.3 Å². The van der Waals surface area contributed by atoms with Crippen LogP contribution < -0.4 is 37.2 Å². The van der Waals surface area contributed by atoms with Crippen molar-refractivity contribution in [3.8, 4) is 0 Å². The third-order valence-electron chi connectivity index (χ3n) is 29.8. The molecule has 0 aromatic carbocycles. The number of likely N-dealkylation sites (tertiary alicyclic amines) is 13. The maximum atomic E-state index is 13.0. The van der Waals surface area contributed by atoms with E-state index in [1.165, 1.54) is 19.3 Å². The number of β-amino-alcohol motifs (C(OH)–C–C–N with tert-alkyl or cyclic N) is 1. The standard InChI is InChI=1S/C16H31N3O2.C15H29N3O2.C14H26FN3O.C14H27N3O2.C14H27N3O.C13H25N3O2.C13H24N2O2/c1-12(2)18-8-5-14(6-9-18)17-16(20)19-10-7-15(11-19)21-13(3)4;1-12(2)17-8-5-14(6-9-17)16-15(19)18-7-4-13(10-18)11-20-3;1-11(2)17-9-5-13(6-10-17)16-14(19)18-7-3-12(15)4-8-18;1-11(2)16-7-4-12(5-8-16)15-14(18)17-9-6-13(10-17)19-3;1-12(2)16-10-6-13(7-11-16)15-14(18)17-8-4-3-5-9-17;1-10(2)15-6-3-11(4-7-15)14-13(18)16-8-5-12(17)9-16;1-10(2)15-7-5-11(6-8-15)14-13(16)12-4-3-9-17-12/h12-15H,5-11H2,1-4H3,(H,17,20);12-14H,4-11H2,1-3H3,(H,16,19);11-13H,3-10H2,1-2H3,(H,16,19);11-13H,4-10H2,1-3H3,(H,15,18);12-13H,3-11H2,1-2H3,(H,15,18);10-12,17H,3-9H2,1-2H3,(H,14,18);10-12H,3-9H2,1-2H3,(H,14,16). The summed E-state index contributed by atoms with van der Waals surface area (Å²) in [6.45, 7) is 60.9. The molecule has 0 aliphatic carbocycles. The first-order chi connectivity index (χ1) is 63.1. The van der Waals surface area contributed by atoms with E-state index >= 15 is 0 Å². The zero-order chi connectivity index (χ0) is 95.9. The van der Waals surface area contributed by atoms with Gasteiger partial charge < -0.3 is 125 Å². The number of rotatable bonds is 20. The van der Waals surface area contributed by atoms with Crippen LogP contribution in [-0.4, -0.2) is 430 Å². The number of nitrogens with zero attached hydrogens (tertiary/aromatic N) is 13. The van der Waals surface area contributed by atoms with Gasteiger partial charge in [0.2, 0.25) is 5.91 Å². The van der Waals surface area contributed by atoms with Crippen molar-refractivity contribution in [2.45, 2.75) is 393 Å². The molecule has 8 N–H and O–H groups in total. The molecule has 0 saturated carbocycles. The Bertz CT molecular complexity index is 3140. The topological polar surface area (TPSA) is 303 Å². The minimum atomic E-state index is -0.724. The molecule has 13 amide bonds. The molecule has 0 aromatic rings. The molecule has 14 aliphatic rings. The molecule has 32 nitrogen and oxygen atoms in total. The Labute approximate surface area is 797 Å². The molecule has 14 heterocycles. The summed E-state index contributed by atoms with van der Waals surface area (Å²) < 4.78 is 34.7. The van der Waals surface area contributed by atoms with Crippen molar-refractivity contribution in [2.75, 3.05) is 198 Å². The Morgan fingerprint density at radius 2 is 0.591 bits per heavy atom. The number of hydrogen-bond acceptors (Lipinski definition) is 19. The lowest BCUT2D eigenvalue weighted by Gasteiger charge is -2.36. The second kappa shape index (κ2) is 59.1. The van der Waals surface area contributed by atoms with Crippen LogP contribution in [0.2, 0.25) is 0 Å². The number of nitrogens with one attached hydrogen (secondary N) is 7. The molecule has 14 saturated heterocycles. The molecule has 0 aromatic heterocycles. The first-order valence-corrected chi connectivity index (χ1v) is 52.5. The number of hydrogen-bond donors (Lipinski definition) is 8. The van der Waals surface area contributed by atoms with Gasteiger partial charge in [0.25, 0.3) is 0 Å². The monoisotopic (exact) mass is 1870 g/mol. The molecular weight excluding hydrogens is 1680 g/mol. The van der Waals surface area contributed by atoms with Crippen LogP contribution in [0, 0.1) is 5.92 Å². The lowest BCUT2D eigenvalue weighted by molar-refractivity contribution is -0.131. The summed E-state index contributed by atoms with van der Waals surface area (Å²) in [7, 11) is 3.44. The summed E-state index contributed by atoms with van der Waals surface area (Å²) >= 11 is 0. The van der Waals surface area contributed by atoms with E-state index in [4.69, 9.17) is 18.9 Å². The Balaban J connectivity index is 0.000000190. The van der Waals surface area contributed by atoms with Crippen LogP contribution in [0.15, 0.2) is 0 Å². The highest BCUT2D eigenvalue weighted by Crippen LogP contribution is 2.26. The van der Waals surface area contributed by atoms with Gasteiger partial charge in [0.15, 0.2) is 0 Å². The highest BCUT2D eigenvalue weighted by atomic mass is 19.1. The predicted octanol–water partition coefficient (Wildman–Crippen LogP) is 10.7. The fourth-order valence-corrected chi connectivity index (χ4v) is 20.6. The fraction of sp³-hybridized carbons (Fsp3) is 0.929. The number of carbonyl (C=O) groups is 7. The zero-order valence-corrected chi connectivity index (χ0v) is 85.7. The highest BCUT2D eigenvalue weighted by molar-refractivity contribution is 5.81. The molecule has 5 unspecified atom stereocenters. The third kappa shape index (κ3) is 39.8. The normalized spacial score (nSPS) is 25.4. The summed E-state index contributed by atoms with van der Waals surface area (Å²) in [5, 5.41) is 31.5. The van der Waals surface area contributed by atoms with Crippen molar-refractivity contribution in [2.24, 2.45) is 5.92 Å². The second-order valence-electron chi connectivity index (χ2n) is 42.3. The van der Waals surface area contributed by atoms with Crippen molar-refractivity contribution in [1.82, 2.24) is 101 Å². The van der Waals surface area contributed by atoms with Gasteiger partial charge in [-0.1, -0.05) is 0 Å². The van der Waals surface area contributed by atoms with E-state index in [0.29, 0.717) is 130 Å². The van der Waals surface area contributed by atoms with Crippen molar-refractivity contribution >= 4 is 42.1 Å². The van der Waals surface area contributed by atoms with Gasteiger partial charge in [0.05, 0.1) is 31.0 Å². The van der Waals surface area contributed by atoms with Crippen molar-refractivity contribution in [3.05, 3.63) is 0 Å². The van der Waals surface area contributed by atoms with Gasteiger partial charge in [-0.05, 0) is 271 Å². The van der Waals surface area contributed by atoms with Crippen LogP contribution in [-0.2, 0) is 23.7 Å². The van der Waals surface area contributed by atoms with Gasteiger partial charge in [0, 0.05) is 281 Å². The second-order valence-corrected chi connectivity index (χ2v) is 42.3. The predicted molar refractivity (Wildman–Crippen MR) is 524 cm³/mol. The molecule has 14 rings (SSSR count). The number of amides is 13. The maximum Gasteiger partial charge on any atom is 0.317 e. The number of methoxy groups -OCH3 is 2. The largest absolute Gasteiger partial charge is 0.391 e. The zero-order valence-electron chi connectivity index (χ0n) is 85.7. The van der Waals surface area contributed by atoms with E-state index in [1.54, 1.807) is 24.0 Å². The van der Waals surface area contributed by atoms with Crippen LogP contribution in [0.25, 0.3) is 0 Å². The van der Waals surface area contributed by atoms with Gasteiger partial charge in [-0.15, -0.1) is 0 Å². The van der Waals surface area contributed by atoms with Crippen molar-refractivity contribution < 1.29 is 62.0 Å². The Morgan fingerprint density at radius 3 is 0.879 bits per heavy atom. The minimum Gasteiger partial charge on any atom is -0.391 e. The van der Waals surface area contributed by atoms with Gasteiger partial charge >= 0.3 is 36.2 Å². The highest BCUT2D eigenvalue weighted by Gasteiger charge is 2.37. The minimum absolute atomic E-state index is 0.00473. The first-order valence-electron chi connectivity index (χ1n) is 52.5. The van der Waals surface area contributed by atoms with Crippen molar-refractivity contribution in [3.63, 3.8) is 0 Å². The van der Waals surface area contributed by atoms with Crippen molar-refractivity contribution in [1.29, 1.82) is 0 Å². The maximum absolute atomic E-state index is 13.0. The van der Waals surface area contributed by atoms with Crippen LogP contribution in [0.1, 0.15) is 271 Å². The van der Waals surface area contributed by atoms with Crippen LogP contribution in [0.3, 0.4) is 0 Å². The number of alkyl halides is 1. The summed E-state index contributed by atoms with van der Waals surface area (Å²) in [6, 6.07) is 7.02. The number of piperidine rings is 9. The van der Waals surface area contributed by atoms with Crippen LogP contribution >= 0.6 is 0 Å². The Morgan fingerprint density at radius 1 is 0.311 bits per heavy atom. The number of urea groups is 6. The molecule has 0 spiro atoms. The average molecular weight is 1870 g/mol. The molecule has 33 heteroatoms. The number of carbonyl (C=O) groups excluding carboxylic acids is 7. The van der Waals surface area contributed by atoms with E-state index in [1.807, 2.05) is 33.4 Å². The molecule has 132 heavy (non-hydrogen) atoms. The fourth-order valence-electron chi connectivity index (χ4n) is 20.6. The summed E-state index contributed by atoms with van der Waals surface area (Å²) in [5.41, 5.74) is 0. The Hall–Kier alpha value is -5.46. The quantitative estimate of drug-likeness (QED) is 0.0562. The van der Waals surface area contributed by atoms with Gasteiger partial charge in [-0.2, -0.15) is 0 Å². The molecular formula is C99H189FN20O12. The van der Waals surface area contributed by atoms with E-state index < -0.39 is 6.17 Å². The first kappa shape index (κ1) is 112. The molecule has 14 aliphatic heterocycles.